The summed E-state index contributed by atoms with van der Waals surface area (Å²) in [5, 5.41) is -2.97. The zero-order valence-corrected chi connectivity index (χ0v) is 79.3. The fourth-order valence-electron chi connectivity index (χ4n) is 8.90. The smallest absolute Gasteiger partial charge is 0.370 e. The monoisotopic (exact) mass is 1940 g/mol. The minimum absolute atomic E-state index is 0.0478. The summed E-state index contributed by atoms with van der Waals surface area (Å²) in [7, 11) is 0. The predicted molar refractivity (Wildman–Crippen MR) is 466 cm³/mol. The normalized spacial score (nSPS) is 12.1. The van der Waals surface area contributed by atoms with Crippen LogP contribution >= 0.6 is 58.8 Å². The van der Waals surface area contributed by atoms with E-state index in [1.54, 1.807) is 130 Å². The maximum absolute atomic E-state index is 11.8. The third-order valence-corrected chi connectivity index (χ3v) is 20.1. The molecule has 2 aromatic carbocycles. The van der Waals surface area contributed by atoms with E-state index in [1.807, 2.05) is 0 Å². The highest BCUT2D eigenvalue weighted by atomic mass is 32.2. The highest BCUT2D eigenvalue weighted by Gasteiger charge is 2.28. The van der Waals surface area contributed by atoms with Crippen molar-refractivity contribution >= 4 is 175 Å². The number of rotatable bonds is 46. The molecule has 40 nitrogen and oxygen atoms in total. The maximum Gasteiger partial charge on any atom is 0.370 e. The Morgan fingerprint density at radius 1 is 0.285 bits per heavy atom. The third kappa shape index (κ3) is 68.7. The van der Waals surface area contributed by atoms with Crippen LogP contribution in [0.5, 0.6) is 0 Å². The van der Waals surface area contributed by atoms with E-state index in [0.717, 1.165) is 123 Å². The maximum atomic E-state index is 11.8. The van der Waals surface area contributed by atoms with Gasteiger partial charge in [-0.15, -0.1) is 0 Å². The molecule has 2 saturated carbocycles. The van der Waals surface area contributed by atoms with Gasteiger partial charge in [-0.2, -0.15) is 0 Å². The van der Waals surface area contributed by atoms with Crippen LogP contribution in [0.4, 0.5) is 24.0 Å². The summed E-state index contributed by atoms with van der Waals surface area (Å²) < 4.78 is 94.9. The molecule has 2 fully saturated rings. The van der Waals surface area contributed by atoms with E-state index in [4.69, 9.17) is 71.1 Å². The van der Waals surface area contributed by atoms with Gasteiger partial charge in [-0.25, -0.2) is 33.6 Å². The summed E-state index contributed by atoms with van der Waals surface area (Å²) in [5.74, 6) is -6.35. The zero-order valence-electron chi connectivity index (χ0n) is 75.2. The molecule has 2 aliphatic rings. The van der Waals surface area contributed by atoms with Crippen molar-refractivity contribution in [1.29, 1.82) is 0 Å². The number of thioether (sulfide) groups is 5. The largest absolute Gasteiger partial charge is 0.428 e. The van der Waals surface area contributed by atoms with Gasteiger partial charge in [0.25, 0.3) is 0 Å². The third-order valence-electron chi connectivity index (χ3n) is 15.9. The lowest BCUT2D eigenvalue weighted by Gasteiger charge is -2.19. The molecular formula is C85H120O40S5. The second kappa shape index (κ2) is 73.3. The number of hydrogen-bond donors (Lipinski definition) is 0. The Balaban J connectivity index is 0.00000161. The Labute approximate surface area is 775 Å². The number of hydrogen-bond acceptors (Lipinski definition) is 45. The van der Waals surface area contributed by atoms with Crippen molar-refractivity contribution in [3.63, 3.8) is 0 Å². The summed E-state index contributed by atoms with van der Waals surface area (Å²) in [4.78, 5) is 227. The minimum atomic E-state index is -0.666. The number of esters is 15. The molecule has 0 radical (unpaired) electrons. The van der Waals surface area contributed by atoms with Crippen LogP contribution in [-0.4, -0.2) is 213 Å². The Kier molecular flexibility index (Phi) is 67.4. The van der Waals surface area contributed by atoms with Crippen molar-refractivity contribution in [1.82, 2.24) is 0 Å². The fourth-order valence-corrected chi connectivity index (χ4v) is 11.8. The van der Waals surface area contributed by atoms with Gasteiger partial charge in [-0.3, -0.25) is 62.3 Å². The number of carbonyl (C=O) groups is 20. The summed E-state index contributed by atoms with van der Waals surface area (Å²) in [5.41, 5.74) is -0.613. The first-order chi connectivity index (χ1) is 61.6. The van der Waals surface area contributed by atoms with E-state index in [2.05, 4.69) is 23.7 Å². The molecule has 0 unspecified atom stereocenters. The summed E-state index contributed by atoms with van der Waals surface area (Å²) in [6, 6.07) is 16.6. The van der Waals surface area contributed by atoms with E-state index in [9.17, 15) is 95.9 Å². The molecule has 2 aromatic rings. The molecule has 130 heavy (non-hydrogen) atoms. The topological polar surface area (TPSA) is 526 Å². The first kappa shape index (κ1) is 120. The van der Waals surface area contributed by atoms with Crippen LogP contribution in [0.25, 0.3) is 0 Å². The predicted octanol–water partition coefficient (Wildman–Crippen LogP) is 15.1. The van der Waals surface area contributed by atoms with Crippen LogP contribution in [0, 0.1) is 34.5 Å². The molecule has 0 amide bonds. The number of ether oxygens (including phenoxy) is 20. The second-order valence-electron chi connectivity index (χ2n) is 29.6. The Morgan fingerprint density at radius 2 is 0.508 bits per heavy atom. The minimum Gasteiger partial charge on any atom is -0.428 e. The molecule has 0 aromatic heterocycles. The van der Waals surface area contributed by atoms with Crippen molar-refractivity contribution < 1.29 is 191 Å². The molecule has 4 rings (SSSR count). The van der Waals surface area contributed by atoms with Crippen LogP contribution in [0.1, 0.15) is 232 Å². The summed E-state index contributed by atoms with van der Waals surface area (Å²) in [6.45, 7) is 15.0. The lowest BCUT2D eigenvalue weighted by atomic mass is 9.89. The average Bonchev–Trinajstić information content (AvgIpc) is 0.937. The van der Waals surface area contributed by atoms with Crippen molar-refractivity contribution in [2.24, 2.45) is 34.5 Å². The molecule has 0 bridgehead atoms. The SMILES string of the molecule is CC(=O)OCOC(=O)CCCSC(=O)OCOC(C)=O.CC(C)(C)C(=O)OCOC(=O)CCCSC(=O)OCOC(=O)C(C)(C)C.CC(C)C(=O)OCOC(=O)CCCSC(=O)OCOC(=O)C(C)C.O=C(CCCSC(=O)OCOC(=O)C1CCCCC1)OCOC(=O)C1CCCCC1.O=C(CCCSC(=O)OCOC(=O)c1ccccc1)OCOC(=O)c1ccccc1. The summed E-state index contributed by atoms with van der Waals surface area (Å²) >= 11 is 4.34. The van der Waals surface area contributed by atoms with Crippen LogP contribution in [0.3, 0.4) is 0 Å². The molecule has 0 N–H and O–H groups in total. The molecule has 0 heterocycles. The van der Waals surface area contributed by atoms with Gasteiger partial charge in [-0.1, -0.05) is 103 Å². The first-order valence-electron chi connectivity index (χ1n) is 41.1. The van der Waals surface area contributed by atoms with Gasteiger partial charge in [0.2, 0.25) is 67.9 Å². The lowest BCUT2D eigenvalue weighted by Crippen LogP contribution is -2.24. The Hall–Kier alpha value is -10.4. The Bertz CT molecular complexity index is 3550. The van der Waals surface area contributed by atoms with Crippen LogP contribution in [0.2, 0.25) is 0 Å². The first-order valence-corrected chi connectivity index (χ1v) is 46.0. The molecule has 0 aliphatic heterocycles. The number of benzene rings is 2. The van der Waals surface area contributed by atoms with Crippen molar-refractivity contribution in [3.05, 3.63) is 71.8 Å². The van der Waals surface area contributed by atoms with E-state index >= 15 is 0 Å². The Morgan fingerprint density at radius 3 is 0.777 bits per heavy atom. The van der Waals surface area contributed by atoms with E-state index in [0.29, 0.717) is 72.0 Å². The molecule has 45 heteroatoms. The second-order valence-corrected chi connectivity index (χ2v) is 34.7. The highest BCUT2D eigenvalue weighted by molar-refractivity contribution is 8.14. The standard InChI is InChI=1S/C21H32O8S.C21H20O8S.C17H28O8S.C15H24O8S.C11H16O8S/c2*22-18(26-14-27-19(23)16-8-3-1-4-9-16)12-7-13-30-21(25)29-15-28-20(24)17-10-5-2-6-11-17;1-16(2,3)13(19)23-10-22-12(18)8-7-9-26-15(21)25-11-24-14(20)17(4,5)6;1-10(2)13(17)21-8-20-12(16)6-5-7-24-15(19)23-9-22-14(18)11(3)4;1-8(12)16-6-18-10(14)4-3-5-20-11(15)19-7-17-9(2)13/h16-17H,1-15H2;1-6,8-11H,7,12-15H2;7-11H2,1-6H3;10-11H,5-9H2,1-4H3;3-7H2,1-2H3. The van der Waals surface area contributed by atoms with Gasteiger partial charge in [0.15, 0.2) is 0 Å². The van der Waals surface area contributed by atoms with Crippen LogP contribution < -0.4 is 0 Å². The quantitative estimate of drug-likeness (QED) is 0.0257. The summed E-state index contributed by atoms with van der Waals surface area (Å²) in [6.07, 6.45) is 12.1. The average molecular weight is 1940 g/mol. The molecule has 730 valence electrons. The van der Waals surface area contributed by atoms with Crippen LogP contribution in [0.15, 0.2) is 60.7 Å². The molecule has 0 spiro atoms. The van der Waals surface area contributed by atoms with E-state index in [1.165, 1.54) is 13.8 Å². The van der Waals surface area contributed by atoms with Crippen molar-refractivity contribution in [2.45, 2.75) is 212 Å². The van der Waals surface area contributed by atoms with Gasteiger partial charge in [-0.05, 0) is 182 Å². The van der Waals surface area contributed by atoms with Crippen molar-refractivity contribution in [3.8, 4) is 0 Å². The van der Waals surface area contributed by atoms with E-state index in [-0.39, 0.29) is 81.3 Å². The zero-order chi connectivity index (χ0) is 97.5. The highest BCUT2D eigenvalue weighted by Crippen LogP contribution is 2.27. The van der Waals surface area contributed by atoms with Gasteiger partial charge in [0, 0.05) is 74.7 Å². The van der Waals surface area contributed by atoms with Gasteiger partial charge >= 0.3 is 116 Å². The molecule has 0 saturated heterocycles. The van der Waals surface area contributed by atoms with Crippen molar-refractivity contribution in [2.75, 3.05) is 96.7 Å². The molecular weight excluding hydrogens is 1820 g/mol. The van der Waals surface area contributed by atoms with Gasteiger partial charge < -0.3 is 94.7 Å². The lowest BCUT2D eigenvalue weighted by molar-refractivity contribution is -0.174. The van der Waals surface area contributed by atoms with Crippen LogP contribution in [-0.2, 0) is 157 Å². The fraction of sp³-hybridized carbons (Fsp3) is 0.624. The van der Waals surface area contributed by atoms with E-state index < -0.39 is 169 Å². The van der Waals surface area contributed by atoms with Gasteiger partial charge in [0.1, 0.15) is 0 Å². The molecule has 0 atom stereocenters. The molecule has 2 aliphatic carbocycles. The van der Waals surface area contributed by atoms with Gasteiger partial charge in [0.05, 0.1) is 45.6 Å². The number of carbonyl (C=O) groups excluding carboxylic acids is 20.